The molecule has 31 heavy (non-hydrogen) atoms. The summed E-state index contributed by atoms with van der Waals surface area (Å²) >= 11 is 0. The molecule has 0 radical (unpaired) electrons. The Hall–Kier alpha value is -1.80. The van der Waals surface area contributed by atoms with Crippen LogP contribution in [0.25, 0.3) is 0 Å². The fourth-order valence-corrected chi connectivity index (χ4v) is 5.95. The summed E-state index contributed by atoms with van der Waals surface area (Å²) in [5.41, 5.74) is 2.37. The van der Waals surface area contributed by atoms with E-state index in [1.807, 2.05) is 31.4 Å². The van der Waals surface area contributed by atoms with E-state index in [-0.39, 0.29) is 10.9 Å². The maximum Gasteiger partial charge on any atom is 0.260 e. The molecule has 0 aliphatic carbocycles. The molecular weight excluding hydrogens is 410 g/mol. The van der Waals surface area contributed by atoms with Crippen molar-refractivity contribution in [3.63, 3.8) is 0 Å². The second-order valence-corrected chi connectivity index (χ2v) is 11.6. The number of piperidine rings is 1. The van der Waals surface area contributed by atoms with Gasteiger partial charge in [-0.25, -0.2) is 13.4 Å². The molecule has 0 saturated carbocycles. The number of aryl methyl sites for hydroxylation is 2. The van der Waals surface area contributed by atoms with Crippen LogP contribution < -0.4 is 9.47 Å². The monoisotopic (exact) mass is 439 g/mol. The first-order chi connectivity index (χ1) is 14.3. The van der Waals surface area contributed by atoms with Crippen LogP contribution in [0.5, 0.6) is 11.5 Å². The normalized spacial score (nSPS) is 21.1. The average Bonchev–Trinajstić information content (AvgIpc) is 3.02. The first kappa shape index (κ1) is 22.4. The van der Waals surface area contributed by atoms with Crippen molar-refractivity contribution in [2.75, 3.05) is 13.1 Å². The maximum atomic E-state index is 13.1. The van der Waals surface area contributed by atoms with Crippen molar-refractivity contribution in [3.8, 4) is 11.5 Å². The van der Waals surface area contributed by atoms with E-state index in [0.717, 1.165) is 29.9 Å². The van der Waals surface area contributed by atoms with Crippen LogP contribution in [0.1, 0.15) is 35.7 Å². The Morgan fingerprint density at radius 1 is 1.03 bits per heavy atom. The Morgan fingerprint density at radius 2 is 1.58 bits per heavy atom. The molecule has 2 aliphatic heterocycles. The molecule has 1 aromatic heterocycles. The highest BCUT2D eigenvalue weighted by molar-refractivity contribution is 7.89. The lowest BCUT2D eigenvalue weighted by atomic mass is 9.41. The third-order valence-corrected chi connectivity index (χ3v) is 9.14. The summed E-state index contributed by atoms with van der Waals surface area (Å²) in [5.74, 6) is 2.51. The molecule has 2 aliphatic rings. The Kier molecular flexibility index (Phi) is 5.33. The second kappa shape index (κ2) is 7.37. The average molecular weight is 439 g/mol. The van der Waals surface area contributed by atoms with E-state index in [9.17, 15) is 8.42 Å². The van der Waals surface area contributed by atoms with Crippen LogP contribution in [-0.4, -0.2) is 77.5 Å². The van der Waals surface area contributed by atoms with Gasteiger partial charge in [0, 0.05) is 20.1 Å². The van der Waals surface area contributed by atoms with Crippen molar-refractivity contribution < 1.29 is 17.9 Å². The minimum atomic E-state index is -3.54. The van der Waals surface area contributed by atoms with Gasteiger partial charge < -0.3 is 14.0 Å². The van der Waals surface area contributed by atoms with Gasteiger partial charge in [-0.3, -0.25) is 0 Å². The molecule has 12 heteroatoms. The van der Waals surface area contributed by atoms with Crippen LogP contribution in [0.3, 0.4) is 0 Å². The molecule has 2 aromatic rings. The maximum absolute atomic E-state index is 13.1. The highest BCUT2D eigenvalue weighted by Gasteiger charge is 2.45. The number of ether oxygens (including phenoxy) is 2. The molecule has 1 saturated heterocycles. The van der Waals surface area contributed by atoms with Gasteiger partial charge in [-0.1, -0.05) is 0 Å². The summed E-state index contributed by atoms with van der Waals surface area (Å²) in [6, 6.07) is 4.16. The molecule has 162 valence electrons. The van der Waals surface area contributed by atoms with E-state index in [1.54, 1.807) is 22.8 Å². The predicted octanol–water partition coefficient (Wildman–Crippen LogP) is -1.78. The molecule has 4 rings (SSSR count). The van der Waals surface area contributed by atoms with E-state index in [0.29, 0.717) is 18.9 Å². The first-order valence-corrected chi connectivity index (χ1v) is 12.3. The molecule has 0 bridgehead atoms. The van der Waals surface area contributed by atoms with Crippen molar-refractivity contribution in [1.29, 1.82) is 0 Å². The van der Waals surface area contributed by atoms with Gasteiger partial charge >= 0.3 is 0 Å². The molecule has 0 N–H and O–H groups in total. The molecule has 0 amide bonds. The third kappa shape index (κ3) is 3.71. The third-order valence-electron chi connectivity index (χ3n) is 7.19. The summed E-state index contributed by atoms with van der Waals surface area (Å²) in [6.45, 7) is 4.87. The van der Waals surface area contributed by atoms with Crippen LogP contribution in [0.4, 0.5) is 0 Å². The van der Waals surface area contributed by atoms with E-state index in [1.165, 1.54) is 11.8 Å². The van der Waals surface area contributed by atoms with Gasteiger partial charge in [0.25, 0.3) is 10.0 Å². The topological polar surface area (TPSA) is 73.7 Å². The van der Waals surface area contributed by atoms with Crippen molar-refractivity contribution in [2.24, 2.45) is 7.05 Å². The summed E-state index contributed by atoms with van der Waals surface area (Å²) < 4.78 is 42.0. The number of hydrogen-bond acceptors (Lipinski definition) is 5. The Bertz CT molecular complexity index is 1130. The Labute approximate surface area is 188 Å². The van der Waals surface area contributed by atoms with Crippen LogP contribution in [0.15, 0.2) is 23.4 Å². The van der Waals surface area contributed by atoms with Crippen molar-refractivity contribution in [2.45, 2.75) is 48.4 Å². The summed E-state index contributed by atoms with van der Waals surface area (Å²) in [6.07, 6.45) is 2.99. The minimum Gasteiger partial charge on any atom is -0.499 e. The second-order valence-electron chi connectivity index (χ2n) is 9.76. The molecule has 7 nitrogen and oxygen atoms in total. The number of imidazole rings is 1. The van der Waals surface area contributed by atoms with Crippen molar-refractivity contribution in [3.05, 3.63) is 35.3 Å². The van der Waals surface area contributed by atoms with Gasteiger partial charge in [-0.2, -0.15) is 4.31 Å². The van der Waals surface area contributed by atoms with Crippen LogP contribution in [-0.2, 0) is 17.1 Å². The SMILES string of the molecule is BC1(B)Oc2cc(C)c(C3CCN(S(=O)(=O)c4cnc(C)n4C)CC3)cc2OC1(B)B. The number of nitrogens with zero attached hydrogens (tertiary/aromatic N) is 3. The molecule has 3 heterocycles. The summed E-state index contributed by atoms with van der Waals surface area (Å²) in [7, 11) is 6.36. The fourth-order valence-electron chi connectivity index (χ4n) is 4.33. The van der Waals surface area contributed by atoms with Gasteiger partial charge in [0.2, 0.25) is 0 Å². The molecule has 0 unspecified atom stereocenters. The zero-order valence-electron chi connectivity index (χ0n) is 19.5. The van der Waals surface area contributed by atoms with E-state index in [2.05, 4.69) is 24.0 Å². The van der Waals surface area contributed by atoms with Crippen molar-refractivity contribution >= 4 is 41.4 Å². The highest BCUT2D eigenvalue weighted by atomic mass is 32.2. The van der Waals surface area contributed by atoms with Crippen LogP contribution in [0.2, 0.25) is 0 Å². The lowest BCUT2D eigenvalue weighted by Gasteiger charge is -2.47. The van der Waals surface area contributed by atoms with E-state index >= 15 is 0 Å². The van der Waals surface area contributed by atoms with Gasteiger partial charge in [0.05, 0.1) is 17.0 Å². The lowest BCUT2D eigenvalue weighted by molar-refractivity contribution is 0.0615. The number of benzene rings is 1. The van der Waals surface area contributed by atoms with E-state index < -0.39 is 20.8 Å². The number of sulfonamides is 1. The van der Waals surface area contributed by atoms with Gasteiger partial charge in [-0.15, -0.1) is 0 Å². The molecule has 1 aromatic carbocycles. The minimum absolute atomic E-state index is 0.254. The summed E-state index contributed by atoms with van der Waals surface area (Å²) in [4.78, 5) is 4.15. The molecule has 0 atom stereocenters. The first-order valence-electron chi connectivity index (χ1n) is 10.8. The largest absolute Gasteiger partial charge is 0.499 e. The fraction of sp³-hybridized carbons (Fsp3) is 0.526. The lowest BCUT2D eigenvalue weighted by Crippen LogP contribution is -2.65. The highest BCUT2D eigenvalue weighted by Crippen LogP contribution is 2.43. The Balaban J connectivity index is 1.54. The number of rotatable bonds is 3. The van der Waals surface area contributed by atoms with Crippen molar-refractivity contribution in [1.82, 2.24) is 13.9 Å². The van der Waals surface area contributed by atoms with Gasteiger partial charge in [0.1, 0.15) is 37.2 Å². The standard InChI is InChI=1S/C19H29B4N3O4S/c1-11-8-15-16(30-19(22,23)18(20,21)29-15)9-14(11)13-4-6-26(7-5-13)31(27,28)17-10-24-12(2)25(17)3/h8-10,13H,4-7,20-23H2,1-3H3. The van der Waals surface area contributed by atoms with Crippen LogP contribution >= 0.6 is 0 Å². The zero-order chi connectivity index (χ0) is 22.8. The molecule has 1 fully saturated rings. The van der Waals surface area contributed by atoms with Gasteiger partial charge in [0.15, 0.2) is 16.5 Å². The predicted molar refractivity (Wildman–Crippen MR) is 131 cm³/mol. The summed E-state index contributed by atoms with van der Waals surface area (Å²) in [5, 5.41) is -0.632. The number of hydrogen-bond donors (Lipinski definition) is 0. The van der Waals surface area contributed by atoms with Gasteiger partial charge in [-0.05, 0) is 55.9 Å². The van der Waals surface area contributed by atoms with E-state index in [4.69, 9.17) is 9.47 Å². The number of fused-ring (bicyclic) bond motifs is 1. The number of aromatic nitrogens is 2. The smallest absolute Gasteiger partial charge is 0.260 e. The van der Waals surface area contributed by atoms with Crippen LogP contribution in [0, 0.1) is 13.8 Å². The quantitative estimate of drug-likeness (QED) is 0.530. The molecular formula is C19H29B4N3O4S. The molecule has 0 spiro atoms. The zero-order valence-corrected chi connectivity index (χ0v) is 20.3. The Morgan fingerprint density at radius 3 is 2.10 bits per heavy atom.